The normalized spacial score (nSPS) is 10.0. The summed E-state index contributed by atoms with van der Waals surface area (Å²) in [5.74, 6) is -1.84. The second-order valence-electron chi connectivity index (χ2n) is 3.05. The standard InChI is InChI=1S/C8H15N3O4/c1-6(12)10-2-3-11(4-7(9)13)5-8(14)15/h2-5H2,1H3,(H2,9,13)(H,10,12)(H,14,15). The van der Waals surface area contributed by atoms with Crippen LogP contribution in [0.1, 0.15) is 6.92 Å². The van der Waals surface area contributed by atoms with Crippen LogP contribution >= 0.6 is 0 Å². The van der Waals surface area contributed by atoms with Gasteiger partial charge < -0.3 is 16.2 Å². The molecule has 0 bridgehead atoms. The predicted octanol–water partition coefficient (Wildman–Crippen LogP) is -2.01. The summed E-state index contributed by atoms with van der Waals surface area (Å²) in [7, 11) is 0. The molecule has 7 nitrogen and oxygen atoms in total. The maximum absolute atomic E-state index is 10.6. The maximum atomic E-state index is 10.6. The molecule has 15 heavy (non-hydrogen) atoms. The molecular formula is C8H15N3O4. The first kappa shape index (κ1) is 13.4. The van der Waals surface area contributed by atoms with Crippen LogP contribution in [0.5, 0.6) is 0 Å². The topological polar surface area (TPSA) is 113 Å². The molecule has 0 aliphatic rings. The lowest BCUT2D eigenvalue weighted by Crippen LogP contribution is -2.41. The quantitative estimate of drug-likeness (QED) is 0.456. The molecule has 0 aliphatic heterocycles. The van der Waals surface area contributed by atoms with E-state index in [-0.39, 0.29) is 32.1 Å². The van der Waals surface area contributed by atoms with Gasteiger partial charge in [-0.15, -0.1) is 0 Å². The number of carboxylic acids is 1. The van der Waals surface area contributed by atoms with Gasteiger partial charge in [-0.05, 0) is 0 Å². The van der Waals surface area contributed by atoms with Gasteiger partial charge in [0, 0.05) is 20.0 Å². The van der Waals surface area contributed by atoms with E-state index in [0.717, 1.165) is 0 Å². The van der Waals surface area contributed by atoms with Crippen molar-refractivity contribution in [3.8, 4) is 0 Å². The van der Waals surface area contributed by atoms with E-state index in [1.54, 1.807) is 0 Å². The molecule has 0 unspecified atom stereocenters. The summed E-state index contributed by atoms with van der Waals surface area (Å²) in [5.41, 5.74) is 4.94. The van der Waals surface area contributed by atoms with Crippen LogP contribution in [0.25, 0.3) is 0 Å². The van der Waals surface area contributed by atoms with E-state index in [1.807, 2.05) is 0 Å². The highest BCUT2D eigenvalue weighted by Gasteiger charge is 2.11. The van der Waals surface area contributed by atoms with Gasteiger partial charge in [0.2, 0.25) is 11.8 Å². The Bertz CT molecular complexity index is 238. The molecule has 0 spiro atoms. The van der Waals surface area contributed by atoms with Crippen LogP contribution in [-0.2, 0) is 14.4 Å². The van der Waals surface area contributed by atoms with Crippen LogP contribution in [0.3, 0.4) is 0 Å². The Kier molecular flexibility index (Phi) is 6.03. The maximum Gasteiger partial charge on any atom is 0.317 e. The molecule has 0 atom stereocenters. The molecule has 0 radical (unpaired) electrons. The first-order valence-corrected chi connectivity index (χ1v) is 4.38. The highest BCUT2D eigenvalue weighted by atomic mass is 16.4. The summed E-state index contributed by atoms with van der Waals surface area (Å²) in [5, 5.41) is 11.0. The van der Waals surface area contributed by atoms with Crippen LogP contribution in [0, 0.1) is 0 Å². The van der Waals surface area contributed by atoms with Crippen molar-refractivity contribution >= 4 is 17.8 Å². The highest BCUT2D eigenvalue weighted by molar-refractivity contribution is 5.77. The Labute approximate surface area is 87.2 Å². The first-order chi connectivity index (χ1) is 6.91. The third-order valence-corrected chi connectivity index (χ3v) is 1.54. The van der Waals surface area contributed by atoms with Crippen LogP contribution in [0.2, 0.25) is 0 Å². The van der Waals surface area contributed by atoms with Gasteiger partial charge in [-0.25, -0.2) is 0 Å². The molecule has 0 rings (SSSR count). The van der Waals surface area contributed by atoms with Gasteiger partial charge in [-0.2, -0.15) is 0 Å². The minimum Gasteiger partial charge on any atom is -0.480 e. The summed E-state index contributed by atoms with van der Waals surface area (Å²) in [6.07, 6.45) is 0. The average molecular weight is 217 g/mol. The van der Waals surface area contributed by atoms with Gasteiger partial charge in [0.25, 0.3) is 0 Å². The zero-order chi connectivity index (χ0) is 11.8. The monoisotopic (exact) mass is 217 g/mol. The van der Waals surface area contributed by atoms with Crippen molar-refractivity contribution in [1.82, 2.24) is 10.2 Å². The second-order valence-corrected chi connectivity index (χ2v) is 3.05. The van der Waals surface area contributed by atoms with E-state index in [0.29, 0.717) is 0 Å². The second kappa shape index (κ2) is 6.77. The average Bonchev–Trinajstić information content (AvgIpc) is 2.00. The smallest absolute Gasteiger partial charge is 0.317 e. The van der Waals surface area contributed by atoms with Crippen LogP contribution < -0.4 is 11.1 Å². The fourth-order valence-corrected chi connectivity index (χ4v) is 1.02. The SMILES string of the molecule is CC(=O)NCCN(CC(N)=O)CC(=O)O. The lowest BCUT2D eigenvalue weighted by atomic mass is 10.4. The van der Waals surface area contributed by atoms with E-state index in [2.05, 4.69) is 5.32 Å². The predicted molar refractivity (Wildman–Crippen MR) is 52.0 cm³/mol. The molecule has 0 aliphatic carbocycles. The van der Waals surface area contributed by atoms with E-state index >= 15 is 0 Å². The Morgan fingerprint density at radius 3 is 2.33 bits per heavy atom. The van der Waals surface area contributed by atoms with Crippen molar-refractivity contribution in [2.45, 2.75) is 6.92 Å². The van der Waals surface area contributed by atoms with Gasteiger partial charge in [0.15, 0.2) is 0 Å². The largest absolute Gasteiger partial charge is 0.480 e. The number of carbonyl (C=O) groups excluding carboxylic acids is 2. The van der Waals surface area contributed by atoms with E-state index in [1.165, 1.54) is 11.8 Å². The Hall–Kier alpha value is -1.63. The highest BCUT2D eigenvalue weighted by Crippen LogP contribution is 1.86. The lowest BCUT2D eigenvalue weighted by Gasteiger charge is -2.18. The van der Waals surface area contributed by atoms with Gasteiger partial charge in [-0.1, -0.05) is 0 Å². The number of nitrogens with one attached hydrogen (secondary N) is 1. The van der Waals surface area contributed by atoms with E-state index < -0.39 is 11.9 Å². The minimum absolute atomic E-state index is 0.133. The van der Waals surface area contributed by atoms with Crippen molar-refractivity contribution in [2.24, 2.45) is 5.73 Å². The van der Waals surface area contributed by atoms with Gasteiger partial charge >= 0.3 is 5.97 Å². The number of aliphatic carboxylic acids is 1. The Morgan fingerprint density at radius 1 is 1.33 bits per heavy atom. The van der Waals surface area contributed by atoms with Crippen LogP contribution in [-0.4, -0.2) is 54.0 Å². The zero-order valence-corrected chi connectivity index (χ0v) is 8.52. The third kappa shape index (κ3) is 8.69. The molecule has 0 heterocycles. The van der Waals surface area contributed by atoms with Crippen molar-refractivity contribution < 1.29 is 19.5 Å². The summed E-state index contributed by atoms with van der Waals surface area (Å²) in [6.45, 7) is 1.51. The number of carbonyl (C=O) groups is 3. The van der Waals surface area contributed by atoms with Crippen molar-refractivity contribution in [1.29, 1.82) is 0 Å². The number of nitrogens with zero attached hydrogens (tertiary/aromatic N) is 1. The van der Waals surface area contributed by atoms with Gasteiger partial charge in [0.05, 0.1) is 13.1 Å². The number of amides is 2. The third-order valence-electron chi connectivity index (χ3n) is 1.54. The molecule has 4 N–H and O–H groups in total. The molecular weight excluding hydrogens is 202 g/mol. The van der Waals surface area contributed by atoms with E-state index in [9.17, 15) is 14.4 Å². The molecule has 0 saturated carbocycles. The first-order valence-electron chi connectivity index (χ1n) is 4.38. The summed E-state index contributed by atoms with van der Waals surface area (Å²) >= 11 is 0. The fourth-order valence-electron chi connectivity index (χ4n) is 1.02. The molecule has 7 heteroatoms. The van der Waals surface area contributed by atoms with Crippen molar-refractivity contribution in [3.63, 3.8) is 0 Å². The molecule has 0 aromatic rings. The fraction of sp³-hybridized carbons (Fsp3) is 0.625. The Balaban J connectivity index is 3.94. The molecule has 2 amide bonds. The van der Waals surface area contributed by atoms with Crippen LogP contribution in [0.4, 0.5) is 0 Å². The number of carboxylic acid groups (broad SMARTS) is 1. The van der Waals surface area contributed by atoms with Gasteiger partial charge in [0.1, 0.15) is 0 Å². The van der Waals surface area contributed by atoms with Gasteiger partial charge in [-0.3, -0.25) is 19.3 Å². The zero-order valence-electron chi connectivity index (χ0n) is 8.52. The van der Waals surface area contributed by atoms with Crippen molar-refractivity contribution in [2.75, 3.05) is 26.2 Å². The Morgan fingerprint density at radius 2 is 1.93 bits per heavy atom. The number of hydrogen-bond acceptors (Lipinski definition) is 4. The minimum atomic E-state index is -1.04. The number of nitrogens with two attached hydrogens (primary N) is 1. The number of rotatable bonds is 7. The molecule has 0 aromatic heterocycles. The number of hydrogen-bond donors (Lipinski definition) is 3. The van der Waals surface area contributed by atoms with E-state index in [4.69, 9.17) is 10.8 Å². The molecule has 0 fully saturated rings. The summed E-state index contributed by atoms with van der Waals surface area (Å²) in [4.78, 5) is 32.9. The summed E-state index contributed by atoms with van der Waals surface area (Å²) < 4.78 is 0. The lowest BCUT2D eigenvalue weighted by molar-refractivity contribution is -0.138. The molecule has 0 saturated heterocycles. The number of primary amides is 1. The van der Waals surface area contributed by atoms with Crippen molar-refractivity contribution in [3.05, 3.63) is 0 Å². The molecule has 0 aromatic carbocycles. The molecule has 86 valence electrons. The van der Waals surface area contributed by atoms with Crippen LogP contribution in [0.15, 0.2) is 0 Å². The summed E-state index contributed by atoms with van der Waals surface area (Å²) in [6, 6.07) is 0.